The molecule has 6 nitrogen and oxygen atoms in total. The van der Waals surface area contributed by atoms with E-state index in [1.807, 2.05) is 72.8 Å². The minimum atomic E-state index is -2.30. The van der Waals surface area contributed by atoms with Crippen molar-refractivity contribution in [2.24, 2.45) is 0 Å². The third kappa shape index (κ3) is 4.44. The molecule has 1 atom stereocenters. The minimum Gasteiger partial charge on any atom is -0.760 e. The minimum absolute atomic E-state index is 0. The maximum atomic E-state index is 12.9. The molecule has 0 bridgehead atoms. The molecule has 3 aromatic carbocycles. The van der Waals surface area contributed by atoms with E-state index in [9.17, 15) is 13.6 Å². The molecule has 0 aliphatic carbocycles. The van der Waals surface area contributed by atoms with Crippen molar-refractivity contribution in [1.29, 1.82) is 0 Å². The van der Waals surface area contributed by atoms with Gasteiger partial charge in [-0.1, -0.05) is 60.7 Å². The van der Waals surface area contributed by atoms with Crippen LogP contribution >= 0.6 is 12.4 Å². The van der Waals surface area contributed by atoms with E-state index in [-0.39, 0.29) is 24.5 Å². The van der Waals surface area contributed by atoms with Gasteiger partial charge < -0.3 is 4.55 Å². The summed E-state index contributed by atoms with van der Waals surface area (Å²) in [5.74, 6) is 0. The summed E-state index contributed by atoms with van der Waals surface area (Å²) in [6, 6.07) is 24.1. The lowest BCUT2D eigenvalue weighted by atomic mass is 10.0. The molecule has 0 aliphatic heterocycles. The summed E-state index contributed by atoms with van der Waals surface area (Å²) in [6.07, 6.45) is 0. The molecule has 0 radical (unpaired) electrons. The van der Waals surface area contributed by atoms with Gasteiger partial charge in [-0.2, -0.15) is 9.78 Å². The molecule has 1 unspecified atom stereocenters. The maximum absolute atomic E-state index is 12.9. The Labute approximate surface area is 176 Å². The monoisotopic (exact) mass is 426 g/mol. The highest BCUT2D eigenvalue weighted by molar-refractivity contribution is 7.77. The molecule has 0 amide bonds. The summed E-state index contributed by atoms with van der Waals surface area (Å²) in [5, 5.41) is 5.99. The number of nitrogens with zero attached hydrogens (tertiary/aromatic N) is 2. The highest BCUT2D eigenvalue weighted by Crippen LogP contribution is 2.25. The SMILES string of the molecule is Cl.O=c1c2ccccc2c(-c2ccc(CNS(=O)[O-])cc2)nn1-c1ccccc1. The Morgan fingerprint density at radius 2 is 1.52 bits per heavy atom. The molecule has 0 saturated heterocycles. The van der Waals surface area contributed by atoms with Crippen molar-refractivity contribution in [2.75, 3.05) is 0 Å². The van der Waals surface area contributed by atoms with Gasteiger partial charge >= 0.3 is 0 Å². The van der Waals surface area contributed by atoms with Crippen molar-refractivity contribution in [2.45, 2.75) is 6.54 Å². The Morgan fingerprint density at radius 1 is 0.897 bits per heavy atom. The summed E-state index contributed by atoms with van der Waals surface area (Å²) in [7, 11) is 0. The van der Waals surface area contributed by atoms with Gasteiger partial charge in [0.2, 0.25) is 0 Å². The van der Waals surface area contributed by atoms with Crippen molar-refractivity contribution in [3.63, 3.8) is 0 Å². The molecule has 1 heterocycles. The van der Waals surface area contributed by atoms with Crippen LogP contribution in [0.3, 0.4) is 0 Å². The Balaban J connectivity index is 0.00000240. The second-order valence-electron chi connectivity index (χ2n) is 6.20. The zero-order valence-electron chi connectivity index (χ0n) is 15.1. The third-order valence-electron chi connectivity index (χ3n) is 4.43. The quantitative estimate of drug-likeness (QED) is 0.496. The van der Waals surface area contributed by atoms with Crippen molar-refractivity contribution in [3.8, 4) is 16.9 Å². The molecule has 0 fully saturated rings. The number of rotatable bonds is 5. The van der Waals surface area contributed by atoms with E-state index in [1.165, 1.54) is 4.68 Å². The smallest absolute Gasteiger partial charge is 0.279 e. The number of halogens is 1. The fourth-order valence-electron chi connectivity index (χ4n) is 3.07. The molecule has 148 valence electrons. The molecule has 29 heavy (non-hydrogen) atoms. The van der Waals surface area contributed by atoms with Gasteiger partial charge in [-0.25, -0.2) is 4.72 Å². The summed E-state index contributed by atoms with van der Waals surface area (Å²) >= 11 is -2.30. The van der Waals surface area contributed by atoms with E-state index >= 15 is 0 Å². The lowest BCUT2D eigenvalue weighted by molar-refractivity contribution is 0.522. The zero-order chi connectivity index (χ0) is 19.5. The highest BCUT2D eigenvalue weighted by Gasteiger charge is 2.13. The van der Waals surface area contributed by atoms with Gasteiger partial charge in [0.05, 0.1) is 16.8 Å². The second kappa shape index (κ2) is 9.11. The summed E-state index contributed by atoms with van der Waals surface area (Å²) in [5.41, 5.74) is 2.87. The summed E-state index contributed by atoms with van der Waals surface area (Å²) < 4.78 is 25.1. The molecule has 1 aromatic heterocycles. The Morgan fingerprint density at radius 3 is 2.17 bits per heavy atom. The van der Waals surface area contributed by atoms with Crippen LogP contribution in [0, 0.1) is 0 Å². The van der Waals surface area contributed by atoms with E-state index < -0.39 is 11.3 Å². The molecule has 1 N–H and O–H groups in total. The first-order valence-corrected chi connectivity index (χ1v) is 9.70. The Hall–Kier alpha value is -2.84. The van der Waals surface area contributed by atoms with Crippen LogP contribution in [0.5, 0.6) is 0 Å². The standard InChI is InChI=1S/C21H17N3O3S.ClH/c25-21-19-9-5-4-8-18(19)20(23-24(21)17-6-2-1-3-7-17)16-12-10-15(11-13-16)14-22-28(26)27;/h1-13,22H,14H2,(H,26,27);1H/p-1. The van der Waals surface area contributed by atoms with Crippen molar-refractivity contribution >= 4 is 34.4 Å². The van der Waals surface area contributed by atoms with Crippen LogP contribution in [0.15, 0.2) is 83.7 Å². The van der Waals surface area contributed by atoms with Crippen molar-refractivity contribution in [3.05, 3.63) is 94.8 Å². The normalized spacial score (nSPS) is 11.8. The number of fused-ring (bicyclic) bond motifs is 1. The van der Waals surface area contributed by atoms with Crippen LogP contribution in [0.2, 0.25) is 0 Å². The molecular formula is C21H17ClN3O3S-. The fraction of sp³-hybridized carbons (Fsp3) is 0.0476. The number of hydrogen-bond acceptors (Lipinski definition) is 4. The Kier molecular flexibility index (Phi) is 6.56. The number of para-hydroxylation sites is 1. The molecule has 8 heteroatoms. The first-order chi connectivity index (χ1) is 13.6. The van der Waals surface area contributed by atoms with Gasteiger partial charge in [0.15, 0.2) is 0 Å². The maximum Gasteiger partial charge on any atom is 0.279 e. The predicted molar refractivity (Wildman–Crippen MR) is 116 cm³/mol. The lowest BCUT2D eigenvalue weighted by Crippen LogP contribution is -2.22. The van der Waals surface area contributed by atoms with E-state index in [0.717, 1.165) is 16.5 Å². The second-order valence-corrected chi connectivity index (χ2v) is 6.96. The first-order valence-electron chi connectivity index (χ1n) is 8.63. The number of hydrogen-bond donors (Lipinski definition) is 1. The number of nitrogens with one attached hydrogen (secondary N) is 1. The van der Waals surface area contributed by atoms with E-state index in [1.54, 1.807) is 6.07 Å². The molecule has 4 aromatic rings. The number of benzene rings is 3. The zero-order valence-corrected chi connectivity index (χ0v) is 16.8. The molecular weight excluding hydrogens is 410 g/mol. The van der Waals surface area contributed by atoms with Crippen LogP contribution in [-0.2, 0) is 17.8 Å². The van der Waals surface area contributed by atoms with Gasteiger partial charge in [0.1, 0.15) is 0 Å². The Bertz CT molecular complexity index is 1210. The molecule has 0 spiro atoms. The van der Waals surface area contributed by atoms with E-state index in [4.69, 9.17) is 0 Å². The predicted octanol–water partition coefficient (Wildman–Crippen LogP) is 3.36. The van der Waals surface area contributed by atoms with Gasteiger partial charge in [0, 0.05) is 28.8 Å². The average Bonchev–Trinajstić information content (AvgIpc) is 2.74. The summed E-state index contributed by atoms with van der Waals surface area (Å²) in [6.45, 7) is 0.216. The topological polar surface area (TPSA) is 87.1 Å². The van der Waals surface area contributed by atoms with Gasteiger partial charge in [-0.15, -0.1) is 12.4 Å². The van der Waals surface area contributed by atoms with Gasteiger partial charge in [-0.3, -0.25) is 9.00 Å². The van der Waals surface area contributed by atoms with Crippen LogP contribution in [0.1, 0.15) is 5.56 Å². The van der Waals surface area contributed by atoms with Gasteiger partial charge in [-0.05, 0) is 23.8 Å². The van der Waals surface area contributed by atoms with E-state index in [2.05, 4.69) is 9.82 Å². The molecule has 0 saturated carbocycles. The first kappa shape index (κ1) is 20.9. The molecule has 0 aliphatic rings. The number of aromatic nitrogens is 2. The largest absolute Gasteiger partial charge is 0.760 e. The van der Waals surface area contributed by atoms with Crippen molar-refractivity contribution < 1.29 is 8.76 Å². The molecule has 4 rings (SSSR count). The van der Waals surface area contributed by atoms with Crippen LogP contribution in [0.25, 0.3) is 27.7 Å². The third-order valence-corrected chi connectivity index (χ3v) is 4.81. The van der Waals surface area contributed by atoms with Gasteiger partial charge in [0.25, 0.3) is 5.56 Å². The van der Waals surface area contributed by atoms with E-state index in [0.29, 0.717) is 16.8 Å². The fourth-order valence-corrected chi connectivity index (χ4v) is 3.35. The average molecular weight is 427 g/mol. The van der Waals surface area contributed by atoms with Crippen molar-refractivity contribution in [1.82, 2.24) is 14.5 Å². The highest BCUT2D eigenvalue weighted by atomic mass is 35.5. The van der Waals surface area contributed by atoms with Crippen LogP contribution in [0.4, 0.5) is 0 Å². The van der Waals surface area contributed by atoms with Crippen LogP contribution in [-0.4, -0.2) is 18.5 Å². The van der Waals surface area contributed by atoms with Crippen LogP contribution < -0.4 is 10.3 Å². The lowest BCUT2D eigenvalue weighted by Gasteiger charge is -2.12. The summed E-state index contributed by atoms with van der Waals surface area (Å²) in [4.78, 5) is 12.9.